The normalized spacial score (nSPS) is 14.7. The van der Waals surface area contributed by atoms with Gasteiger partial charge in [0, 0.05) is 27.9 Å². The molecule has 1 aliphatic rings. The van der Waals surface area contributed by atoms with Crippen LogP contribution in [0, 0.1) is 6.92 Å². The van der Waals surface area contributed by atoms with Gasteiger partial charge in [-0.15, -0.1) is 0 Å². The van der Waals surface area contributed by atoms with Crippen LogP contribution >= 0.6 is 11.6 Å². The fourth-order valence-electron chi connectivity index (χ4n) is 3.24. The van der Waals surface area contributed by atoms with Crippen molar-refractivity contribution < 1.29 is 9.59 Å². The number of carbonyl (C=O) groups is 2. The molecule has 0 saturated heterocycles. The molecule has 2 aromatic rings. The topological polar surface area (TPSA) is 58.2 Å². The zero-order chi connectivity index (χ0) is 18.5. The van der Waals surface area contributed by atoms with Crippen molar-refractivity contribution in [3.8, 4) is 0 Å². The predicted octanol–water partition coefficient (Wildman–Crippen LogP) is 4.96. The first kappa shape index (κ1) is 18.5. The molecule has 0 unspecified atom stereocenters. The van der Waals surface area contributed by atoms with Crippen LogP contribution in [-0.2, 0) is 0 Å². The summed E-state index contributed by atoms with van der Waals surface area (Å²) in [6.45, 7) is 1.90. The number of benzene rings is 2. The van der Waals surface area contributed by atoms with Crippen LogP contribution in [0.25, 0.3) is 0 Å². The zero-order valence-electron chi connectivity index (χ0n) is 14.8. The Morgan fingerprint density at radius 1 is 0.962 bits per heavy atom. The molecule has 1 saturated carbocycles. The molecular formula is C21H23ClN2O2. The first-order valence-corrected chi connectivity index (χ1v) is 9.39. The molecule has 0 aliphatic heterocycles. The minimum absolute atomic E-state index is 0.120. The van der Waals surface area contributed by atoms with E-state index in [0.29, 0.717) is 21.8 Å². The Morgan fingerprint density at radius 2 is 1.65 bits per heavy atom. The Bertz CT molecular complexity index is 813. The van der Waals surface area contributed by atoms with Gasteiger partial charge in [-0.2, -0.15) is 0 Å². The van der Waals surface area contributed by atoms with Gasteiger partial charge in [0.05, 0.1) is 0 Å². The van der Waals surface area contributed by atoms with Gasteiger partial charge in [0.2, 0.25) is 0 Å². The van der Waals surface area contributed by atoms with Crippen molar-refractivity contribution in [2.45, 2.75) is 45.1 Å². The van der Waals surface area contributed by atoms with Crippen LogP contribution in [0.3, 0.4) is 0 Å². The number of hydrogen-bond acceptors (Lipinski definition) is 2. The van der Waals surface area contributed by atoms with E-state index in [0.717, 1.165) is 31.2 Å². The van der Waals surface area contributed by atoms with E-state index in [4.69, 9.17) is 11.6 Å². The minimum atomic E-state index is -0.261. The van der Waals surface area contributed by atoms with Gasteiger partial charge in [-0.05, 0) is 55.7 Å². The summed E-state index contributed by atoms with van der Waals surface area (Å²) >= 11 is 6.00. The van der Waals surface area contributed by atoms with Crippen molar-refractivity contribution in [2.75, 3.05) is 5.32 Å². The third-order valence-electron chi connectivity index (χ3n) is 4.78. The van der Waals surface area contributed by atoms with Crippen molar-refractivity contribution in [1.29, 1.82) is 0 Å². The Hall–Kier alpha value is -2.33. The molecule has 26 heavy (non-hydrogen) atoms. The van der Waals surface area contributed by atoms with Crippen molar-refractivity contribution in [1.82, 2.24) is 5.32 Å². The molecule has 1 fully saturated rings. The fraction of sp³-hybridized carbons (Fsp3) is 0.333. The van der Waals surface area contributed by atoms with Gasteiger partial charge in [0.1, 0.15) is 0 Å². The summed E-state index contributed by atoms with van der Waals surface area (Å²) in [5.41, 5.74) is 2.54. The maximum Gasteiger partial charge on any atom is 0.255 e. The summed E-state index contributed by atoms with van der Waals surface area (Å²) in [4.78, 5) is 25.0. The summed E-state index contributed by atoms with van der Waals surface area (Å²) in [5.74, 6) is -0.381. The van der Waals surface area contributed by atoms with E-state index < -0.39 is 0 Å². The summed E-state index contributed by atoms with van der Waals surface area (Å²) in [6, 6.07) is 12.4. The van der Waals surface area contributed by atoms with Crippen molar-refractivity contribution in [3.05, 3.63) is 64.2 Å². The van der Waals surface area contributed by atoms with Crippen LogP contribution < -0.4 is 10.6 Å². The zero-order valence-corrected chi connectivity index (χ0v) is 15.6. The van der Waals surface area contributed by atoms with E-state index in [1.807, 2.05) is 13.0 Å². The third kappa shape index (κ3) is 4.64. The van der Waals surface area contributed by atoms with Gasteiger partial charge in [0.25, 0.3) is 11.8 Å². The molecule has 0 aromatic heterocycles. The Balaban J connectivity index is 1.70. The predicted molar refractivity (Wildman–Crippen MR) is 105 cm³/mol. The lowest BCUT2D eigenvalue weighted by Gasteiger charge is -2.22. The van der Waals surface area contributed by atoms with Crippen molar-refractivity contribution in [3.63, 3.8) is 0 Å². The van der Waals surface area contributed by atoms with Gasteiger partial charge >= 0.3 is 0 Å². The van der Waals surface area contributed by atoms with Crippen LogP contribution in [-0.4, -0.2) is 17.9 Å². The fourth-order valence-corrected chi connectivity index (χ4v) is 3.41. The van der Waals surface area contributed by atoms with Gasteiger partial charge in [-0.1, -0.05) is 43.0 Å². The lowest BCUT2D eigenvalue weighted by Crippen LogP contribution is -2.36. The number of aryl methyl sites for hydroxylation is 1. The van der Waals surface area contributed by atoms with E-state index in [9.17, 15) is 9.59 Å². The first-order valence-electron chi connectivity index (χ1n) is 9.01. The van der Waals surface area contributed by atoms with E-state index in [-0.39, 0.29) is 17.9 Å². The van der Waals surface area contributed by atoms with Crippen LogP contribution in [0.5, 0.6) is 0 Å². The number of nitrogens with one attached hydrogen (secondary N) is 2. The molecule has 5 heteroatoms. The minimum Gasteiger partial charge on any atom is -0.349 e. The average molecular weight is 371 g/mol. The van der Waals surface area contributed by atoms with Crippen LogP contribution in [0.4, 0.5) is 5.69 Å². The SMILES string of the molecule is Cc1ccc(Cl)cc1NC(=O)c1cccc(C(=O)NC2CCCCC2)c1. The lowest BCUT2D eigenvalue weighted by atomic mass is 9.95. The highest BCUT2D eigenvalue weighted by molar-refractivity contribution is 6.31. The summed E-state index contributed by atoms with van der Waals surface area (Å²) in [5, 5.41) is 6.50. The van der Waals surface area contributed by atoms with Crippen LogP contribution in [0.15, 0.2) is 42.5 Å². The second kappa shape index (κ2) is 8.37. The quantitative estimate of drug-likeness (QED) is 0.798. The highest BCUT2D eigenvalue weighted by Gasteiger charge is 2.17. The molecular weight excluding hydrogens is 348 g/mol. The number of carbonyl (C=O) groups excluding carboxylic acids is 2. The Labute approximate surface area is 158 Å². The number of hydrogen-bond donors (Lipinski definition) is 2. The second-order valence-electron chi connectivity index (χ2n) is 6.80. The maximum atomic E-state index is 12.6. The maximum absolute atomic E-state index is 12.6. The number of halogens is 1. The van der Waals surface area contributed by atoms with E-state index in [1.165, 1.54) is 6.42 Å². The molecule has 2 N–H and O–H groups in total. The highest BCUT2D eigenvalue weighted by atomic mass is 35.5. The number of amides is 2. The molecule has 4 nitrogen and oxygen atoms in total. The smallest absolute Gasteiger partial charge is 0.255 e. The largest absolute Gasteiger partial charge is 0.349 e. The molecule has 0 bridgehead atoms. The molecule has 1 aliphatic carbocycles. The summed E-state index contributed by atoms with van der Waals surface area (Å²) in [7, 11) is 0. The van der Waals surface area contributed by atoms with Crippen molar-refractivity contribution >= 4 is 29.1 Å². The standard InChI is InChI=1S/C21H23ClN2O2/c1-14-10-11-17(22)13-19(14)24-21(26)16-7-5-6-15(12-16)20(25)23-18-8-3-2-4-9-18/h5-7,10-13,18H,2-4,8-9H2,1H3,(H,23,25)(H,24,26). The van der Waals surface area contributed by atoms with E-state index in [2.05, 4.69) is 10.6 Å². The molecule has 3 rings (SSSR count). The molecule has 0 atom stereocenters. The second-order valence-corrected chi connectivity index (χ2v) is 7.24. The van der Waals surface area contributed by atoms with Gasteiger partial charge in [-0.3, -0.25) is 9.59 Å². The Kier molecular flexibility index (Phi) is 5.94. The molecule has 2 amide bonds. The van der Waals surface area contributed by atoms with Crippen LogP contribution in [0.1, 0.15) is 58.4 Å². The lowest BCUT2D eigenvalue weighted by molar-refractivity contribution is 0.0927. The van der Waals surface area contributed by atoms with Gasteiger partial charge < -0.3 is 10.6 Å². The molecule has 0 heterocycles. The molecule has 0 radical (unpaired) electrons. The molecule has 136 valence electrons. The van der Waals surface area contributed by atoms with E-state index >= 15 is 0 Å². The van der Waals surface area contributed by atoms with Gasteiger partial charge in [0.15, 0.2) is 0 Å². The third-order valence-corrected chi connectivity index (χ3v) is 5.01. The van der Waals surface area contributed by atoms with Crippen molar-refractivity contribution in [2.24, 2.45) is 0 Å². The monoisotopic (exact) mass is 370 g/mol. The average Bonchev–Trinajstić information content (AvgIpc) is 2.65. The Morgan fingerprint density at radius 3 is 2.38 bits per heavy atom. The summed E-state index contributed by atoms with van der Waals surface area (Å²) in [6.07, 6.45) is 5.61. The number of anilines is 1. The van der Waals surface area contributed by atoms with E-state index in [1.54, 1.807) is 36.4 Å². The van der Waals surface area contributed by atoms with Crippen LogP contribution in [0.2, 0.25) is 5.02 Å². The molecule has 2 aromatic carbocycles. The first-order chi connectivity index (χ1) is 12.5. The van der Waals surface area contributed by atoms with Gasteiger partial charge in [-0.25, -0.2) is 0 Å². The highest BCUT2D eigenvalue weighted by Crippen LogP contribution is 2.21. The summed E-state index contributed by atoms with van der Waals surface area (Å²) < 4.78 is 0. The molecule has 0 spiro atoms. The number of rotatable bonds is 4.